The van der Waals surface area contributed by atoms with Gasteiger partial charge in [-0.3, -0.25) is 14.4 Å². The van der Waals surface area contributed by atoms with Crippen molar-refractivity contribution >= 4 is 17.5 Å². The van der Waals surface area contributed by atoms with Crippen LogP contribution < -0.4 is 9.47 Å². The van der Waals surface area contributed by atoms with Crippen LogP contribution in [-0.2, 0) is 27.4 Å². The number of methoxy groups -OCH3 is 1. The van der Waals surface area contributed by atoms with Gasteiger partial charge in [0, 0.05) is 53.4 Å². The summed E-state index contributed by atoms with van der Waals surface area (Å²) in [5, 5.41) is 9.64. The lowest BCUT2D eigenvalue weighted by Gasteiger charge is -2.49. The molecule has 1 heterocycles. The molecule has 0 unspecified atom stereocenters. The Labute approximate surface area is 266 Å². The third-order valence-electron chi connectivity index (χ3n) is 9.15. The van der Waals surface area contributed by atoms with Gasteiger partial charge >= 0.3 is 5.97 Å². The third-order valence-corrected chi connectivity index (χ3v) is 9.15. The number of hydrogen-bond acceptors (Lipinski definition) is 6. The second kappa shape index (κ2) is 12.3. The minimum Gasteiger partial charge on any atom is -0.493 e. The lowest BCUT2D eigenvalue weighted by molar-refractivity contribution is -0.137. The molecule has 1 N–H and O–H groups in total. The summed E-state index contributed by atoms with van der Waals surface area (Å²) in [5.74, 6) is -0.354. The van der Waals surface area contributed by atoms with Gasteiger partial charge in [0.15, 0.2) is 23.1 Å². The van der Waals surface area contributed by atoms with Gasteiger partial charge in [-0.15, -0.1) is 6.58 Å². The number of Topliss-reactive ketones (excluding diaryl/α,β-unsaturated/α-hetero) is 2. The average Bonchev–Trinajstić information content (AvgIpc) is 2.94. The third kappa shape index (κ3) is 6.63. The second-order valence-electron chi connectivity index (χ2n) is 14.3. The quantitative estimate of drug-likeness (QED) is 0.279. The molecule has 0 fully saturated rings. The van der Waals surface area contributed by atoms with Crippen molar-refractivity contribution in [3.05, 3.63) is 93.8 Å². The van der Waals surface area contributed by atoms with Crippen LogP contribution in [0.4, 0.5) is 0 Å². The SMILES string of the molecule is C=CCc1cc(C2C3=C(CC(C)(C)CC3=O)N(CCC(=O)O)C3=C2C(=O)CC(C)(C)C3)cc(OC)c1OCc1ccc(C)cc1. The van der Waals surface area contributed by atoms with E-state index < -0.39 is 11.9 Å². The highest BCUT2D eigenvalue weighted by molar-refractivity contribution is 6.07. The fourth-order valence-corrected chi connectivity index (χ4v) is 7.17. The molecule has 0 atom stereocenters. The first-order valence-electron chi connectivity index (χ1n) is 15.8. The van der Waals surface area contributed by atoms with Gasteiger partial charge in [-0.25, -0.2) is 0 Å². The molecule has 0 saturated carbocycles. The van der Waals surface area contributed by atoms with Gasteiger partial charge in [0.25, 0.3) is 0 Å². The van der Waals surface area contributed by atoms with E-state index in [0.29, 0.717) is 61.4 Å². The molecule has 0 saturated heterocycles. The van der Waals surface area contributed by atoms with E-state index in [1.54, 1.807) is 7.11 Å². The fraction of sp³-hybridized carbons (Fsp3) is 0.447. The monoisotopic (exact) mass is 611 g/mol. The van der Waals surface area contributed by atoms with Crippen molar-refractivity contribution in [2.24, 2.45) is 10.8 Å². The number of ether oxygens (including phenoxy) is 2. The maximum atomic E-state index is 14.1. The van der Waals surface area contributed by atoms with Gasteiger partial charge in [0.1, 0.15) is 6.61 Å². The summed E-state index contributed by atoms with van der Waals surface area (Å²) >= 11 is 0. The molecule has 0 bridgehead atoms. The minimum atomic E-state index is -0.913. The molecule has 2 aliphatic carbocycles. The fourth-order valence-electron chi connectivity index (χ4n) is 7.17. The number of hydrogen-bond donors (Lipinski definition) is 1. The molecule has 238 valence electrons. The smallest absolute Gasteiger partial charge is 0.305 e. The molecule has 45 heavy (non-hydrogen) atoms. The molecular weight excluding hydrogens is 566 g/mol. The first kappa shape index (κ1) is 32.3. The zero-order valence-corrected chi connectivity index (χ0v) is 27.4. The first-order valence-corrected chi connectivity index (χ1v) is 15.8. The molecule has 5 rings (SSSR count). The number of aryl methyl sites for hydroxylation is 1. The number of carbonyl (C=O) groups is 3. The van der Waals surface area contributed by atoms with Crippen molar-refractivity contribution in [1.29, 1.82) is 0 Å². The molecule has 2 aromatic rings. The Bertz CT molecular complexity index is 1550. The van der Waals surface area contributed by atoms with Crippen LogP contribution in [0.15, 0.2) is 71.6 Å². The van der Waals surface area contributed by atoms with E-state index in [9.17, 15) is 19.5 Å². The largest absolute Gasteiger partial charge is 0.493 e. The van der Waals surface area contributed by atoms with Crippen molar-refractivity contribution in [3.63, 3.8) is 0 Å². The van der Waals surface area contributed by atoms with Crippen LogP contribution in [0.1, 0.15) is 88.0 Å². The zero-order valence-electron chi connectivity index (χ0n) is 27.4. The lowest BCUT2D eigenvalue weighted by Crippen LogP contribution is -2.45. The standard InChI is InChI=1S/C38H45NO6/c1-8-9-25-16-26(17-31(44-7)36(25)45-22-24-12-10-23(2)11-13-24)33-34-27(18-37(3,4)20-29(34)40)39(15-14-32(42)43)28-19-38(5,6)21-30(41)35(28)33/h8,10-13,16-17,33H,1,9,14-15,18-22H2,2-7H3,(H,42,43). The van der Waals surface area contributed by atoms with Crippen LogP contribution in [0.25, 0.3) is 0 Å². The van der Waals surface area contributed by atoms with Gasteiger partial charge in [0.05, 0.1) is 13.5 Å². The number of carboxylic acids is 1. The van der Waals surface area contributed by atoms with Crippen molar-refractivity contribution < 1.29 is 29.0 Å². The van der Waals surface area contributed by atoms with Crippen LogP contribution in [0.2, 0.25) is 0 Å². The van der Waals surface area contributed by atoms with Crippen molar-refractivity contribution in [3.8, 4) is 11.5 Å². The zero-order chi connectivity index (χ0) is 32.7. The Hall–Kier alpha value is -4.13. The summed E-state index contributed by atoms with van der Waals surface area (Å²) in [6, 6.07) is 12.1. The van der Waals surface area contributed by atoms with Crippen LogP contribution in [0, 0.1) is 17.8 Å². The van der Waals surface area contributed by atoms with E-state index in [4.69, 9.17) is 9.47 Å². The highest BCUT2D eigenvalue weighted by Gasteiger charge is 2.49. The molecule has 0 amide bonds. The predicted octanol–water partition coefficient (Wildman–Crippen LogP) is 7.47. The van der Waals surface area contributed by atoms with Gasteiger partial charge in [-0.1, -0.05) is 69.7 Å². The summed E-state index contributed by atoms with van der Waals surface area (Å²) in [7, 11) is 1.60. The molecule has 1 aliphatic heterocycles. The summed E-state index contributed by atoms with van der Waals surface area (Å²) in [5.41, 5.74) is 6.15. The Morgan fingerprint density at radius 2 is 1.56 bits per heavy atom. The van der Waals surface area contributed by atoms with Crippen LogP contribution in [0.5, 0.6) is 11.5 Å². The van der Waals surface area contributed by atoms with Crippen molar-refractivity contribution in [2.45, 2.75) is 85.7 Å². The van der Waals surface area contributed by atoms with Gasteiger partial charge in [0.2, 0.25) is 0 Å². The van der Waals surface area contributed by atoms with E-state index in [2.05, 4.69) is 34.3 Å². The Morgan fingerprint density at radius 3 is 2.07 bits per heavy atom. The summed E-state index contributed by atoms with van der Waals surface area (Å²) in [4.78, 5) is 42.0. The van der Waals surface area contributed by atoms with E-state index in [1.807, 2.05) is 54.3 Å². The predicted molar refractivity (Wildman–Crippen MR) is 174 cm³/mol. The number of ketones is 2. The molecular formula is C38H45NO6. The Kier molecular flexibility index (Phi) is 8.85. The Morgan fingerprint density at radius 1 is 0.978 bits per heavy atom. The molecule has 0 aromatic heterocycles. The van der Waals surface area contributed by atoms with Crippen molar-refractivity contribution in [2.75, 3.05) is 13.7 Å². The van der Waals surface area contributed by atoms with Crippen LogP contribution >= 0.6 is 0 Å². The number of carboxylic acid groups (broad SMARTS) is 1. The number of allylic oxidation sites excluding steroid dienone is 5. The number of nitrogens with zero attached hydrogens (tertiary/aromatic N) is 1. The molecule has 7 nitrogen and oxygen atoms in total. The number of benzene rings is 2. The highest BCUT2D eigenvalue weighted by atomic mass is 16.5. The number of rotatable bonds is 10. The van der Waals surface area contributed by atoms with Gasteiger partial charge < -0.3 is 19.5 Å². The van der Waals surface area contributed by atoms with Crippen molar-refractivity contribution in [1.82, 2.24) is 4.90 Å². The molecule has 0 spiro atoms. The van der Waals surface area contributed by atoms with E-state index in [-0.39, 0.29) is 35.4 Å². The summed E-state index contributed by atoms with van der Waals surface area (Å²) in [6.07, 6.45) is 4.16. The molecule has 0 radical (unpaired) electrons. The van der Waals surface area contributed by atoms with Gasteiger partial charge in [-0.05, 0) is 54.2 Å². The molecule has 3 aliphatic rings. The molecule has 2 aromatic carbocycles. The minimum absolute atomic E-state index is 0.000284. The normalized spacial score (nSPS) is 19.3. The Balaban J connectivity index is 1.70. The maximum Gasteiger partial charge on any atom is 0.305 e. The lowest BCUT2D eigenvalue weighted by atomic mass is 9.63. The highest BCUT2D eigenvalue weighted by Crippen LogP contribution is 2.55. The summed E-state index contributed by atoms with van der Waals surface area (Å²) in [6.45, 7) is 14.9. The van der Waals surface area contributed by atoms with Crippen LogP contribution in [0.3, 0.4) is 0 Å². The van der Waals surface area contributed by atoms with E-state index in [0.717, 1.165) is 28.1 Å². The van der Waals surface area contributed by atoms with Crippen LogP contribution in [-0.4, -0.2) is 41.2 Å². The first-order chi connectivity index (χ1) is 21.2. The maximum absolute atomic E-state index is 14.1. The second-order valence-corrected chi connectivity index (χ2v) is 14.3. The average molecular weight is 612 g/mol. The van der Waals surface area contributed by atoms with E-state index in [1.165, 1.54) is 5.56 Å². The number of aliphatic carboxylic acids is 1. The number of carbonyl (C=O) groups excluding carboxylic acids is 2. The summed E-state index contributed by atoms with van der Waals surface area (Å²) < 4.78 is 12.3. The van der Waals surface area contributed by atoms with E-state index >= 15 is 0 Å². The molecule has 7 heteroatoms. The van der Waals surface area contributed by atoms with Gasteiger partial charge in [-0.2, -0.15) is 0 Å². The topological polar surface area (TPSA) is 93.1 Å².